The number of carbonyl (C=O) groups is 2. The van der Waals surface area contributed by atoms with Crippen LogP contribution < -0.4 is 0 Å². The fourth-order valence-corrected chi connectivity index (χ4v) is 3.40. The SMILES string of the molecule is C=C(C(=O)O)C(CC=O)(C1=CCCC1)C1=CCCC1. The quantitative estimate of drug-likeness (QED) is 0.452. The molecule has 2 aliphatic rings. The van der Waals surface area contributed by atoms with E-state index in [9.17, 15) is 14.7 Å². The van der Waals surface area contributed by atoms with Crippen molar-refractivity contribution in [3.05, 3.63) is 35.5 Å². The molecule has 2 aliphatic carbocycles. The van der Waals surface area contributed by atoms with Crippen LogP contribution in [-0.4, -0.2) is 17.4 Å². The molecule has 0 aliphatic heterocycles. The number of allylic oxidation sites excluding steroid dienone is 4. The maximum absolute atomic E-state index is 11.5. The normalized spacial score (nSPS) is 18.9. The minimum atomic E-state index is -0.998. The van der Waals surface area contributed by atoms with E-state index in [1.165, 1.54) is 0 Å². The van der Waals surface area contributed by atoms with E-state index in [4.69, 9.17) is 0 Å². The summed E-state index contributed by atoms with van der Waals surface area (Å²) < 4.78 is 0. The lowest BCUT2D eigenvalue weighted by molar-refractivity contribution is -0.133. The highest BCUT2D eigenvalue weighted by atomic mass is 16.4. The molecular formula is C16H20O3. The van der Waals surface area contributed by atoms with Crippen molar-refractivity contribution in [3.63, 3.8) is 0 Å². The largest absolute Gasteiger partial charge is 0.478 e. The summed E-state index contributed by atoms with van der Waals surface area (Å²) >= 11 is 0. The first-order valence-electron chi connectivity index (χ1n) is 6.88. The van der Waals surface area contributed by atoms with Crippen molar-refractivity contribution in [2.75, 3.05) is 0 Å². The van der Waals surface area contributed by atoms with Gasteiger partial charge in [0.25, 0.3) is 0 Å². The number of aldehydes is 1. The fourth-order valence-electron chi connectivity index (χ4n) is 3.40. The van der Waals surface area contributed by atoms with Gasteiger partial charge in [-0.15, -0.1) is 0 Å². The van der Waals surface area contributed by atoms with Crippen molar-refractivity contribution in [1.29, 1.82) is 0 Å². The lowest BCUT2D eigenvalue weighted by atomic mass is 9.66. The summed E-state index contributed by atoms with van der Waals surface area (Å²) in [6, 6.07) is 0. The third kappa shape index (κ3) is 2.29. The van der Waals surface area contributed by atoms with Gasteiger partial charge in [-0.2, -0.15) is 0 Å². The molecule has 0 fully saturated rings. The van der Waals surface area contributed by atoms with Crippen LogP contribution in [0.25, 0.3) is 0 Å². The predicted octanol–water partition coefficient (Wildman–Crippen LogP) is 3.42. The molecule has 2 rings (SSSR count). The zero-order valence-corrected chi connectivity index (χ0v) is 11.2. The summed E-state index contributed by atoms with van der Waals surface area (Å²) in [7, 11) is 0. The Hall–Kier alpha value is -1.64. The second-order valence-corrected chi connectivity index (χ2v) is 5.30. The Bertz CT molecular complexity index is 439. The number of carboxylic acid groups (broad SMARTS) is 1. The molecule has 19 heavy (non-hydrogen) atoms. The predicted molar refractivity (Wildman–Crippen MR) is 73.8 cm³/mol. The zero-order valence-electron chi connectivity index (χ0n) is 11.2. The number of aliphatic carboxylic acids is 1. The second kappa shape index (κ2) is 5.55. The molecule has 3 heteroatoms. The van der Waals surface area contributed by atoms with Crippen LogP contribution in [0, 0.1) is 5.41 Å². The molecule has 1 N–H and O–H groups in total. The molecule has 0 aromatic heterocycles. The lowest BCUT2D eigenvalue weighted by Gasteiger charge is -2.36. The van der Waals surface area contributed by atoms with E-state index in [2.05, 4.69) is 18.7 Å². The summed E-state index contributed by atoms with van der Waals surface area (Å²) in [4.78, 5) is 22.6. The van der Waals surface area contributed by atoms with Crippen molar-refractivity contribution >= 4 is 12.3 Å². The van der Waals surface area contributed by atoms with Gasteiger partial charge in [0, 0.05) is 12.0 Å². The van der Waals surface area contributed by atoms with Crippen LogP contribution in [0.3, 0.4) is 0 Å². The van der Waals surface area contributed by atoms with Gasteiger partial charge in [-0.25, -0.2) is 4.79 Å². The Kier molecular flexibility index (Phi) is 4.03. The van der Waals surface area contributed by atoms with E-state index in [0.717, 1.165) is 56.0 Å². The third-order valence-corrected chi connectivity index (χ3v) is 4.34. The highest BCUT2D eigenvalue weighted by molar-refractivity contribution is 5.90. The van der Waals surface area contributed by atoms with Gasteiger partial charge >= 0.3 is 5.97 Å². The van der Waals surface area contributed by atoms with Crippen molar-refractivity contribution in [3.8, 4) is 0 Å². The van der Waals surface area contributed by atoms with E-state index in [0.29, 0.717) is 0 Å². The number of hydrogen-bond donors (Lipinski definition) is 1. The van der Waals surface area contributed by atoms with E-state index in [1.807, 2.05) is 0 Å². The van der Waals surface area contributed by atoms with Crippen LogP contribution in [0.4, 0.5) is 0 Å². The molecule has 0 spiro atoms. The second-order valence-electron chi connectivity index (χ2n) is 5.30. The smallest absolute Gasteiger partial charge is 0.332 e. The first kappa shape index (κ1) is 13.8. The minimum absolute atomic E-state index is 0.154. The van der Waals surface area contributed by atoms with Crippen molar-refractivity contribution in [2.24, 2.45) is 5.41 Å². The molecule has 0 aromatic carbocycles. The van der Waals surface area contributed by atoms with Gasteiger partial charge in [0.2, 0.25) is 0 Å². The maximum Gasteiger partial charge on any atom is 0.332 e. The van der Waals surface area contributed by atoms with Gasteiger partial charge in [-0.05, 0) is 38.5 Å². The first-order chi connectivity index (χ1) is 9.13. The first-order valence-corrected chi connectivity index (χ1v) is 6.88. The Labute approximate surface area is 113 Å². The van der Waals surface area contributed by atoms with Gasteiger partial charge < -0.3 is 9.90 Å². The van der Waals surface area contributed by atoms with E-state index in [-0.39, 0.29) is 12.0 Å². The molecule has 0 radical (unpaired) electrons. The monoisotopic (exact) mass is 260 g/mol. The molecule has 0 aromatic rings. The average molecular weight is 260 g/mol. The Morgan fingerprint density at radius 1 is 1.26 bits per heavy atom. The van der Waals surface area contributed by atoms with Crippen LogP contribution in [-0.2, 0) is 9.59 Å². The summed E-state index contributed by atoms with van der Waals surface area (Å²) in [5, 5.41) is 9.40. The van der Waals surface area contributed by atoms with Crippen LogP contribution in [0.15, 0.2) is 35.5 Å². The van der Waals surface area contributed by atoms with Gasteiger partial charge in [-0.1, -0.05) is 29.9 Å². The lowest BCUT2D eigenvalue weighted by Crippen LogP contribution is -2.31. The molecule has 0 saturated heterocycles. The number of carboxylic acids is 1. The van der Waals surface area contributed by atoms with Crippen molar-refractivity contribution < 1.29 is 14.7 Å². The van der Waals surface area contributed by atoms with Gasteiger partial charge in [0.1, 0.15) is 6.29 Å². The molecule has 0 atom stereocenters. The molecule has 0 saturated carbocycles. The van der Waals surface area contributed by atoms with E-state index < -0.39 is 11.4 Å². The Morgan fingerprint density at radius 2 is 1.79 bits per heavy atom. The Morgan fingerprint density at radius 3 is 2.11 bits per heavy atom. The highest BCUT2D eigenvalue weighted by Gasteiger charge is 2.44. The number of hydrogen-bond acceptors (Lipinski definition) is 2. The van der Waals surface area contributed by atoms with Crippen LogP contribution in [0.2, 0.25) is 0 Å². The Balaban J connectivity index is 2.52. The van der Waals surface area contributed by atoms with Crippen molar-refractivity contribution in [1.82, 2.24) is 0 Å². The molecular weight excluding hydrogens is 240 g/mol. The molecule has 0 amide bonds. The molecule has 0 bridgehead atoms. The van der Waals surface area contributed by atoms with Gasteiger partial charge in [0.15, 0.2) is 0 Å². The van der Waals surface area contributed by atoms with Gasteiger partial charge in [-0.3, -0.25) is 0 Å². The minimum Gasteiger partial charge on any atom is -0.478 e. The van der Waals surface area contributed by atoms with E-state index >= 15 is 0 Å². The van der Waals surface area contributed by atoms with Crippen molar-refractivity contribution in [2.45, 2.75) is 44.9 Å². The fraction of sp³-hybridized carbons (Fsp3) is 0.500. The molecule has 3 nitrogen and oxygen atoms in total. The number of carbonyl (C=O) groups excluding carboxylic acids is 1. The zero-order chi connectivity index (χ0) is 13.9. The van der Waals surface area contributed by atoms with Crippen LogP contribution in [0.5, 0.6) is 0 Å². The summed E-state index contributed by atoms with van der Waals surface area (Å²) in [5.74, 6) is -0.998. The highest BCUT2D eigenvalue weighted by Crippen LogP contribution is 2.51. The summed E-state index contributed by atoms with van der Waals surface area (Å²) in [6.07, 6.45) is 11.0. The van der Waals surface area contributed by atoms with Crippen LogP contribution in [0.1, 0.15) is 44.9 Å². The van der Waals surface area contributed by atoms with Gasteiger partial charge in [0.05, 0.1) is 5.41 Å². The topological polar surface area (TPSA) is 54.4 Å². The summed E-state index contributed by atoms with van der Waals surface area (Å²) in [5.41, 5.74) is 1.57. The third-order valence-electron chi connectivity index (χ3n) is 4.34. The molecule has 0 heterocycles. The standard InChI is InChI=1S/C16H20O3/c1-12(15(18)19)16(10-11-17,13-6-2-3-7-13)14-8-4-5-9-14/h6,8,11H,1-5,7,9-10H2,(H,18,19). The maximum atomic E-state index is 11.5. The average Bonchev–Trinajstić information content (AvgIpc) is 3.07. The van der Waals surface area contributed by atoms with E-state index in [1.54, 1.807) is 0 Å². The molecule has 0 unspecified atom stereocenters. The number of rotatable bonds is 6. The molecule has 102 valence electrons. The van der Waals surface area contributed by atoms with Crippen LogP contribution >= 0.6 is 0 Å². The summed E-state index contributed by atoms with van der Waals surface area (Å²) in [6.45, 7) is 3.79.